The summed E-state index contributed by atoms with van der Waals surface area (Å²) in [5, 5.41) is 0. The van der Waals surface area contributed by atoms with Crippen molar-refractivity contribution in [2.75, 3.05) is 26.4 Å². The van der Waals surface area contributed by atoms with Crippen LogP contribution in [0, 0.1) is 0 Å². The van der Waals surface area contributed by atoms with Crippen molar-refractivity contribution in [3.8, 4) is 11.5 Å². The highest BCUT2D eigenvalue weighted by molar-refractivity contribution is 5.69. The van der Waals surface area contributed by atoms with E-state index in [9.17, 15) is 9.59 Å². The molecule has 0 saturated heterocycles. The number of esters is 2. The molecule has 0 aromatic heterocycles. The summed E-state index contributed by atoms with van der Waals surface area (Å²) < 4.78 is 21.7. The van der Waals surface area contributed by atoms with Crippen LogP contribution in [0.1, 0.15) is 132 Å². The summed E-state index contributed by atoms with van der Waals surface area (Å²) in [6, 6.07) is 26.5. The van der Waals surface area contributed by atoms with Crippen molar-refractivity contribution in [1.82, 2.24) is 0 Å². The lowest BCUT2D eigenvalue weighted by Gasteiger charge is -2.32. The predicted octanol–water partition coefficient (Wildman–Crippen LogP) is 13.0. The smallest absolute Gasteiger partial charge is 0.306 e. The molecule has 0 N–H and O–H groups in total. The maximum absolute atomic E-state index is 11.6. The molecular weight excluding hydrogens is 648 g/mol. The second-order valence-corrected chi connectivity index (χ2v) is 9.39. The molecule has 0 saturated carbocycles. The molecule has 0 atom stereocenters. The molecule has 0 radical (unpaired) electrons. The van der Waals surface area contributed by atoms with Crippen LogP contribution in [0.15, 0.2) is 104 Å². The van der Waals surface area contributed by atoms with E-state index in [2.05, 4.69) is 56.5 Å². The standard InChI is InChI=1S/C34H38O6.6C2H6/c1-4-23-39-32(35)13-9-25-37-30-19-15-28(16-20-30)34(3,27-11-7-6-8-12-27)29-17-21-31(22-18-29)38-26-10-14-33(36)40-24-5-2;6*1-2/h4-8,11-12,15-22H,1-2,9-10,13-14,23-26H2,3H3;6*1-2H3. The highest BCUT2D eigenvalue weighted by atomic mass is 16.5. The fourth-order valence-corrected chi connectivity index (χ4v) is 4.30. The zero-order valence-corrected chi connectivity index (χ0v) is 35.2. The van der Waals surface area contributed by atoms with E-state index in [4.69, 9.17) is 18.9 Å². The molecule has 3 rings (SSSR count). The Bertz CT molecular complexity index is 1140. The molecule has 0 unspecified atom stereocenters. The quantitative estimate of drug-likeness (QED) is 0.0598. The van der Waals surface area contributed by atoms with Crippen LogP contribution in [0.5, 0.6) is 11.5 Å². The largest absolute Gasteiger partial charge is 0.494 e. The van der Waals surface area contributed by atoms with Crippen molar-refractivity contribution in [1.29, 1.82) is 0 Å². The van der Waals surface area contributed by atoms with E-state index in [0.29, 0.717) is 38.9 Å². The summed E-state index contributed by atoms with van der Waals surface area (Å²) in [7, 11) is 0. The van der Waals surface area contributed by atoms with Gasteiger partial charge in [-0.05, 0) is 60.7 Å². The van der Waals surface area contributed by atoms with Gasteiger partial charge in [0.1, 0.15) is 24.7 Å². The van der Waals surface area contributed by atoms with Gasteiger partial charge in [-0.2, -0.15) is 0 Å². The van der Waals surface area contributed by atoms with Crippen LogP contribution in [0.25, 0.3) is 0 Å². The van der Waals surface area contributed by atoms with Crippen molar-refractivity contribution in [3.05, 3.63) is 121 Å². The monoisotopic (exact) mass is 723 g/mol. The first-order valence-corrected chi connectivity index (χ1v) is 19.5. The van der Waals surface area contributed by atoms with E-state index in [1.807, 2.05) is 126 Å². The van der Waals surface area contributed by atoms with Gasteiger partial charge in [0.15, 0.2) is 0 Å². The third-order valence-electron chi connectivity index (χ3n) is 6.53. The highest BCUT2D eigenvalue weighted by Crippen LogP contribution is 2.40. The first kappa shape index (κ1) is 54.5. The van der Waals surface area contributed by atoms with Gasteiger partial charge in [-0.25, -0.2) is 0 Å². The molecule has 0 heterocycles. The lowest BCUT2D eigenvalue weighted by Crippen LogP contribution is -2.25. The maximum Gasteiger partial charge on any atom is 0.306 e. The molecule has 0 bridgehead atoms. The van der Waals surface area contributed by atoms with Crippen LogP contribution in [-0.4, -0.2) is 38.4 Å². The molecule has 0 aliphatic rings. The molecule has 6 nitrogen and oxygen atoms in total. The summed E-state index contributed by atoms with van der Waals surface area (Å²) in [5.74, 6) is 0.988. The minimum absolute atomic E-state index is 0.228. The summed E-state index contributed by atoms with van der Waals surface area (Å²) >= 11 is 0. The zero-order chi connectivity index (χ0) is 40.6. The normalized spacial score (nSPS) is 9.02. The van der Waals surface area contributed by atoms with Gasteiger partial charge < -0.3 is 18.9 Å². The van der Waals surface area contributed by atoms with E-state index in [0.717, 1.165) is 28.2 Å². The Labute approximate surface area is 319 Å². The van der Waals surface area contributed by atoms with Gasteiger partial charge in [0.2, 0.25) is 0 Å². The van der Waals surface area contributed by atoms with Gasteiger partial charge in [-0.3, -0.25) is 9.59 Å². The van der Waals surface area contributed by atoms with Crippen molar-refractivity contribution in [2.24, 2.45) is 0 Å². The zero-order valence-electron chi connectivity index (χ0n) is 35.2. The number of carbonyl (C=O) groups excluding carboxylic acids is 2. The minimum Gasteiger partial charge on any atom is -0.494 e. The fraction of sp³-hybridized carbons (Fsp3) is 0.478. The second kappa shape index (κ2) is 39.5. The van der Waals surface area contributed by atoms with Gasteiger partial charge in [0.05, 0.1) is 13.2 Å². The summed E-state index contributed by atoms with van der Waals surface area (Å²) in [6.07, 6.45) is 4.87. The Morgan fingerprint density at radius 2 is 0.827 bits per heavy atom. The van der Waals surface area contributed by atoms with Crippen LogP contribution < -0.4 is 9.47 Å². The molecule has 0 amide bonds. The predicted molar refractivity (Wildman–Crippen MR) is 225 cm³/mol. The average molecular weight is 723 g/mol. The van der Waals surface area contributed by atoms with Gasteiger partial charge in [-0.1, -0.05) is 163 Å². The average Bonchev–Trinajstić information content (AvgIpc) is 3.24. The molecule has 3 aromatic carbocycles. The van der Waals surface area contributed by atoms with E-state index in [-0.39, 0.29) is 25.2 Å². The van der Waals surface area contributed by atoms with Crippen molar-refractivity contribution >= 4 is 11.9 Å². The first-order valence-electron chi connectivity index (χ1n) is 19.5. The Kier molecular flexibility index (Phi) is 41.3. The van der Waals surface area contributed by atoms with Crippen LogP contribution in [0.3, 0.4) is 0 Å². The Balaban J connectivity index is -0.000000869. The SMILES string of the molecule is C=CCOC(=O)CCCOc1ccc(C(C)(c2ccccc2)c2ccc(OCCCC(=O)OCC=C)cc2)cc1.CC.CC.CC.CC.CC.CC. The molecule has 6 heteroatoms. The molecule has 0 aliphatic heterocycles. The number of hydrogen-bond acceptors (Lipinski definition) is 6. The minimum atomic E-state index is -0.415. The molecular formula is C46H74O6. The first-order chi connectivity index (χ1) is 25.5. The van der Waals surface area contributed by atoms with Gasteiger partial charge in [0.25, 0.3) is 0 Å². The number of benzene rings is 3. The second-order valence-electron chi connectivity index (χ2n) is 9.39. The number of carbonyl (C=O) groups is 2. The number of rotatable bonds is 17. The fourth-order valence-electron chi connectivity index (χ4n) is 4.30. The van der Waals surface area contributed by atoms with Crippen molar-refractivity contribution < 1.29 is 28.5 Å². The van der Waals surface area contributed by atoms with E-state index in [1.165, 1.54) is 0 Å². The lowest BCUT2D eigenvalue weighted by molar-refractivity contribution is -0.143. The highest BCUT2D eigenvalue weighted by Gasteiger charge is 2.31. The van der Waals surface area contributed by atoms with Gasteiger partial charge >= 0.3 is 11.9 Å². The van der Waals surface area contributed by atoms with Crippen LogP contribution in [0.2, 0.25) is 0 Å². The molecule has 0 fully saturated rings. The lowest BCUT2D eigenvalue weighted by atomic mass is 9.71. The maximum atomic E-state index is 11.6. The van der Waals surface area contributed by atoms with E-state index < -0.39 is 5.41 Å². The molecule has 0 aliphatic carbocycles. The molecule has 52 heavy (non-hydrogen) atoms. The van der Waals surface area contributed by atoms with E-state index >= 15 is 0 Å². The Morgan fingerprint density at radius 1 is 0.519 bits per heavy atom. The summed E-state index contributed by atoms with van der Waals surface area (Å²) in [5.41, 5.74) is 2.98. The van der Waals surface area contributed by atoms with Gasteiger partial charge in [-0.15, -0.1) is 0 Å². The molecule has 294 valence electrons. The number of hydrogen-bond donors (Lipinski definition) is 0. The third kappa shape index (κ3) is 22.5. The van der Waals surface area contributed by atoms with E-state index in [1.54, 1.807) is 12.2 Å². The van der Waals surface area contributed by atoms with Gasteiger partial charge in [0, 0.05) is 18.3 Å². The third-order valence-corrected chi connectivity index (χ3v) is 6.53. The molecule has 3 aromatic rings. The van der Waals surface area contributed by atoms with Crippen molar-refractivity contribution in [2.45, 2.75) is 121 Å². The summed E-state index contributed by atoms with van der Waals surface area (Å²) in [4.78, 5) is 23.3. The molecule has 0 spiro atoms. The topological polar surface area (TPSA) is 71.1 Å². The summed E-state index contributed by atoms with van der Waals surface area (Å²) in [6.45, 7) is 34.6. The van der Waals surface area contributed by atoms with Crippen LogP contribution >= 0.6 is 0 Å². The Morgan fingerprint density at radius 3 is 1.13 bits per heavy atom. The Hall–Kier alpha value is -4.32. The van der Waals surface area contributed by atoms with Crippen LogP contribution in [0.4, 0.5) is 0 Å². The van der Waals surface area contributed by atoms with Crippen LogP contribution in [-0.2, 0) is 24.5 Å². The number of ether oxygens (including phenoxy) is 4. The van der Waals surface area contributed by atoms with Crippen molar-refractivity contribution in [3.63, 3.8) is 0 Å².